The van der Waals surface area contributed by atoms with E-state index < -0.39 is 0 Å². The molecule has 0 aliphatic heterocycles. The highest BCUT2D eigenvalue weighted by atomic mass is 32.2. The number of carbonyl (C=O) groups is 1. The third-order valence-corrected chi connectivity index (χ3v) is 5.64. The third-order valence-electron chi connectivity index (χ3n) is 4.56. The summed E-state index contributed by atoms with van der Waals surface area (Å²) in [6.45, 7) is 8.22. The van der Waals surface area contributed by atoms with Gasteiger partial charge in [-0.3, -0.25) is 4.79 Å². The number of rotatable bonds is 5. The van der Waals surface area contributed by atoms with Crippen LogP contribution in [0.4, 0.5) is 5.69 Å². The maximum Gasteiger partial charge on any atom is 0.255 e. The quantitative estimate of drug-likeness (QED) is 0.518. The Morgan fingerprint density at radius 1 is 0.815 bits per heavy atom. The first kappa shape index (κ1) is 19.2. The van der Waals surface area contributed by atoms with Crippen LogP contribution in [0.2, 0.25) is 0 Å². The van der Waals surface area contributed by atoms with E-state index in [-0.39, 0.29) is 5.91 Å². The van der Waals surface area contributed by atoms with Crippen molar-refractivity contribution < 1.29 is 4.79 Å². The molecule has 0 atom stereocenters. The van der Waals surface area contributed by atoms with E-state index in [1.165, 1.54) is 21.6 Å². The van der Waals surface area contributed by atoms with Crippen molar-refractivity contribution in [3.8, 4) is 0 Å². The molecule has 0 aliphatic rings. The minimum atomic E-state index is -0.0669. The number of thioether (sulfide) groups is 1. The van der Waals surface area contributed by atoms with Crippen LogP contribution >= 0.6 is 11.8 Å². The predicted molar refractivity (Wildman–Crippen MR) is 116 cm³/mol. The molecule has 0 bridgehead atoms. The van der Waals surface area contributed by atoms with Gasteiger partial charge < -0.3 is 5.32 Å². The van der Waals surface area contributed by atoms with Crippen LogP contribution in [-0.2, 0) is 5.75 Å². The maximum absolute atomic E-state index is 12.6. The van der Waals surface area contributed by atoms with Crippen molar-refractivity contribution in [1.29, 1.82) is 0 Å². The Kier molecular flexibility index (Phi) is 6.02. The van der Waals surface area contributed by atoms with Gasteiger partial charge in [0.2, 0.25) is 0 Å². The van der Waals surface area contributed by atoms with Gasteiger partial charge in [-0.05, 0) is 68.7 Å². The van der Waals surface area contributed by atoms with Gasteiger partial charge in [0, 0.05) is 21.9 Å². The summed E-state index contributed by atoms with van der Waals surface area (Å²) in [5.74, 6) is 0.823. The Balaban J connectivity index is 1.64. The lowest BCUT2D eigenvalue weighted by molar-refractivity contribution is 0.102. The Morgan fingerprint density at radius 2 is 1.41 bits per heavy atom. The summed E-state index contributed by atoms with van der Waals surface area (Å²) in [4.78, 5) is 13.9. The van der Waals surface area contributed by atoms with Crippen LogP contribution in [0, 0.1) is 27.7 Å². The molecule has 27 heavy (non-hydrogen) atoms. The second-order valence-corrected chi connectivity index (χ2v) is 8.08. The lowest BCUT2D eigenvalue weighted by atomic mass is 10.0. The Bertz CT molecular complexity index is 920. The van der Waals surface area contributed by atoms with Crippen LogP contribution in [0.15, 0.2) is 65.6 Å². The summed E-state index contributed by atoms with van der Waals surface area (Å²) in [6, 6.07) is 20.6. The number of carbonyl (C=O) groups excluding carboxylic acids is 1. The number of aryl methyl sites for hydroxylation is 4. The molecule has 0 unspecified atom stereocenters. The fourth-order valence-corrected chi connectivity index (χ4v) is 3.97. The molecule has 3 aromatic rings. The summed E-state index contributed by atoms with van der Waals surface area (Å²) in [5, 5.41) is 3.06. The Hall–Kier alpha value is -2.52. The minimum absolute atomic E-state index is 0.0669. The fraction of sp³-hybridized carbons (Fsp3) is 0.208. The van der Waals surface area contributed by atoms with E-state index in [1.54, 1.807) is 11.8 Å². The second-order valence-electron chi connectivity index (χ2n) is 7.03. The topological polar surface area (TPSA) is 29.1 Å². The van der Waals surface area contributed by atoms with Gasteiger partial charge in [0.05, 0.1) is 0 Å². The molecule has 0 saturated carbocycles. The molecule has 0 heterocycles. The number of anilines is 1. The molecule has 0 radical (unpaired) electrons. The summed E-state index contributed by atoms with van der Waals surface area (Å²) >= 11 is 1.80. The van der Waals surface area contributed by atoms with Crippen molar-refractivity contribution in [1.82, 2.24) is 0 Å². The normalized spacial score (nSPS) is 10.7. The van der Waals surface area contributed by atoms with Crippen LogP contribution < -0.4 is 5.32 Å². The van der Waals surface area contributed by atoms with Gasteiger partial charge >= 0.3 is 0 Å². The molecule has 0 spiro atoms. The Labute approximate surface area is 166 Å². The zero-order chi connectivity index (χ0) is 19.4. The molecule has 0 fully saturated rings. The summed E-state index contributed by atoms with van der Waals surface area (Å²) in [5.41, 5.74) is 7.45. The second kappa shape index (κ2) is 8.45. The molecule has 1 N–H and O–H groups in total. The molecule has 0 aromatic heterocycles. The maximum atomic E-state index is 12.6. The van der Waals surface area contributed by atoms with E-state index in [0.717, 1.165) is 22.6 Å². The SMILES string of the molecule is Cc1ccc(SCc2ccc(C(=O)Nc3c(C)cc(C)cc3C)cc2)cc1. The number of nitrogens with one attached hydrogen (secondary N) is 1. The highest BCUT2D eigenvalue weighted by Gasteiger charge is 2.10. The number of benzene rings is 3. The molecule has 1 amide bonds. The molecule has 3 heteroatoms. The van der Waals surface area contributed by atoms with Gasteiger partial charge in [-0.15, -0.1) is 11.8 Å². The van der Waals surface area contributed by atoms with Crippen LogP contribution in [0.1, 0.15) is 38.2 Å². The number of hydrogen-bond acceptors (Lipinski definition) is 2. The highest BCUT2D eigenvalue weighted by molar-refractivity contribution is 7.98. The van der Waals surface area contributed by atoms with Crippen LogP contribution in [0.25, 0.3) is 0 Å². The molecular formula is C24H25NOS. The first-order valence-corrected chi connectivity index (χ1v) is 10.1. The zero-order valence-electron chi connectivity index (χ0n) is 16.3. The Morgan fingerprint density at radius 3 is 2.00 bits per heavy atom. The van der Waals surface area contributed by atoms with Crippen molar-refractivity contribution in [3.05, 3.63) is 94.0 Å². The standard InChI is InChI=1S/C24H25NOS/c1-16-5-11-22(12-6-16)27-15-20-7-9-21(10-8-20)24(26)25-23-18(3)13-17(2)14-19(23)4/h5-14H,15H2,1-4H3,(H,25,26). The van der Waals surface area contributed by atoms with Gasteiger partial charge in [-0.25, -0.2) is 0 Å². The average Bonchev–Trinajstić information content (AvgIpc) is 2.64. The monoisotopic (exact) mass is 375 g/mol. The van der Waals surface area contributed by atoms with E-state index in [9.17, 15) is 4.79 Å². The van der Waals surface area contributed by atoms with E-state index in [0.29, 0.717) is 5.56 Å². The smallest absolute Gasteiger partial charge is 0.255 e. The van der Waals surface area contributed by atoms with Gasteiger partial charge in [-0.2, -0.15) is 0 Å². The van der Waals surface area contributed by atoms with E-state index in [1.807, 2.05) is 38.1 Å². The van der Waals surface area contributed by atoms with Crippen molar-refractivity contribution >= 4 is 23.4 Å². The molecule has 3 aromatic carbocycles. The molecule has 0 aliphatic carbocycles. The van der Waals surface area contributed by atoms with Crippen molar-refractivity contribution in [3.63, 3.8) is 0 Å². The largest absolute Gasteiger partial charge is 0.322 e. The van der Waals surface area contributed by atoms with Crippen LogP contribution in [0.5, 0.6) is 0 Å². The zero-order valence-corrected chi connectivity index (χ0v) is 17.1. The molecule has 2 nitrogen and oxygen atoms in total. The van der Waals surface area contributed by atoms with Crippen molar-refractivity contribution in [2.75, 3.05) is 5.32 Å². The van der Waals surface area contributed by atoms with Crippen LogP contribution in [0.3, 0.4) is 0 Å². The fourth-order valence-electron chi connectivity index (χ4n) is 3.12. The summed E-state index contributed by atoms with van der Waals surface area (Å²) < 4.78 is 0. The first-order valence-electron chi connectivity index (χ1n) is 9.10. The van der Waals surface area contributed by atoms with Crippen LogP contribution in [-0.4, -0.2) is 5.91 Å². The molecular weight excluding hydrogens is 350 g/mol. The molecule has 3 rings (SSSR count). The van der Waals surface area contributed by atoms with E-state index in [4.69, 9.17) is 0 Å². The van der Waals surface area contributed by atoms with E-state index >= 15 is 0 Å². The van der Waals surface area contributed by atoms with Gasteiger partial charge in [0.25, 0.3) is 5.91 Å². The predicted octanol–water partition coefficient (Wildman–Crippen LogP) is 6.46. The summed E-state index contributed by atoms with van der Waals surface area (Å²) in [6.07, 6.45) is 0. The average molecular weight is 376 g/mol. The first-order chi connectivity index (χ1) is 12.9. The number of hydrogen-bond donors (Lipinski definition) is 1. The highest BCUT2D eigenvalue weighted by Crippen LogP contribution is 2.24. The lowest BCUT2D eigenvalue weighted by Crippen LogP contribution is -2.14. The minimum Gasteiger partial charge on any atom is -0.322 e. The lowest BCUT2D eigenvalue weighted by Gasteiger charge is -2.13. The molecule has 0 saturated heterocycles. The third kappa shape index (κ3) is 5.01. The molecule has 138 valence electrons. The number of amides is 1. The van der Waals surface area contributed by atoms with Crippen molar-refractivity contribution in [2.45, 2.75) is 38.3 Å². The van der Waals surface area contributed by atoms with Gasteiger partial charge in [-0.1, -0.05) is 47.5 Å². The summed E-state index contributed by atoms with van der Waals surface area (Å²) in [7, 11) is 0. The van der Waals surface area contributed by atoms with Gasteiger partial charge in [0.15, 0.2) is 0 Å². The van der Waals surface area contributed by atoms with E-state index in [2.05, 4.69) is 55.6 Å². The van der Waals surface area contributed by atoms with Gasteiger partial charge in [0.1, 0.15) is 0 Å². The van der Waals surface area contributed by atoms with Crippen molar-refractivity contribution in [2.24, 2.45) is 0 Å².